The molecule has 5 atom stereocenters. The molecule has 0 saturated heterocycles. The lowest BCUT2D eigenvalue weighted by atomic mass is 9.96. The molecule has 10 heteroatoms. The van der Waals surface area contributed by atoms with E-state index in [0.717, 1.165) is 6.07 Å². The van der Waals surface area contributed by atoms with E-state index in [9.17, 15) is 24.4 Å². The first-order valence-electron chi connectivity index (χ1n) is 6.88. The Morgan fingerprint density at radius 3 is 2.64 bits per heavy atom. The molecule has 2 aliphatic carbocycles. The van der Waals surface area contributed by atoms with Crippen LogP contribution in [0.15, 0.2) is 21.9 Å². The molecule has 9 nitrogen and oxygen atoms in total. The van der Waals surface area contributed by atoms with Crippen LogP contribution in [0.1, 0.15) is 18.9 Å². The number of nitrogens with one attached hydrogen (secondary N) is 1. The highest BCUT2D eigenvalue weighted by molar-refractivity contribution is 7.51. The van der Waals surface area contributed by atoms with Crippen molar-refractivity contribution in [3.63, 3.8) is 0 Å². The summed E-state index contributed by atoms with van der Waals surface area (Å²) >= 11 is 0. The van der Waals surface area contributed by atoms with Gasteiger partial charge in [0.05, 0.1) is 18.3 Å². The summed E-state index contributed by atoms with van der Waals surface area (Å²) in [6, 6.07) is 0.439. The third-order valence-electron chi connectivity index (χ3n) is 4.89. The van der Waals surface area contributed by atoms with Gasteiger partial charge < -0.3 is 20.0 Å². The third kappa shape index (κ3) is 2.39. The van der Waals surface area contributed by atoms with Gasteiger partial charge in [-0.15, -0.1) is 0 Å². The van der Waals surface area contributed by atoms with Crippen molar-refractivity contribution in [2.24, 2.45) is 11.3 Å². The first kappa shape index (κ1) is 15.6. The second-order valence-electron chi connectivity index (χ2n) is 6.13. The van der Waals surface area contributed by atoms with Crippen molar-refractivity contribution in [3.05, 3.63) is 33.1 Å². The van der Waals surface area contributed by atoms with Crippen LogP contribution in [0.3, 0.4) is 0 Å². The highest BCUT2D eigenvalue weighted by atomic mass is 31.2. The number of nitrogens with zero attached hydrogens (tertiary/aromatic N) is 1. The fourth-order valence-corrected chi connectivity index (χ4v) is 4.43. The number of rotatable bonds is 4. The molecule has 0 radical (unpaired) electrons. The Labute approximate surface area is 124 Å². The van der Waals surface area contributed by atoms with Crippen molar-refractivity contribution in [3.8, 4) is 0 Å². The number of aromatic nitrogens is 2. The van der Waals surface area contributed by atoms with Gasteiger partial charge in [-0.2, -0.15) is 0 Å². The van der Waals surface area contributed by atoms with E-state index >= 15 is 0 Å². The smallest absolute Gasteiger partial charge is 0.328 e. The second kappa shape index (κ2) is 4.87. The van der Waals surface area contributed by atoms with Gasteiger partial charge in [-0.3, -0.25) is 18.9 Å². The number of hydrogen-bond acceptors (Lipinski definition) is 5. The molecular weight excluding hydrogens is 315 g/mol. The Hall–Kier alpha value is -1.25. The van der Waals surface area contributed by atoms with E-state index in [1.807, 2.05) is 0 Å². The van der Waals surface area contributed by atoms with E-state index < -0.39 is 42.5 Å². The summed E-state index contributed by atoms with van der Waals surface area (Å²) in [6.07, 6.45) is -0.942. The predicted octanol–water partition coefficient (Wildman–Crippen LogP) is -1.61. The summed E-state index contributed by atoms with van der Waals surface area (Å²) in [5.74, 6) is -0.257. The maximum Gasteiger partial charge on any atom is 0.328 e. The quantitative estimate of drug-likeness (QED) is 0.416. The Balaban J connectivity index is 1.89. The lowest BCUT2D eigenvalue weighted by Gasteiger charge is -2.24. The van der Waals surface area contributed by atoms with Crippen molar-refractivity contribution in [2.45, 2.75) is 31.1 Å². The molecule has 2 fully saturated rings. The number of aromatic amines is 1. The highest BCUT2D eigenvalue weighted by Gasteiger charge is 2.71. The summed E-state index contributed by atoms with van der Waals surface area (Å²) in [7, 11) is -4.20. The lowest BCUT2D eigenvalue weighted by Crippen LogP contribution is -2.39. The van der Waals surface area contributed by atoms with Gasteiger partial charge in [0.2, 0.25) is 0 Å². The molecule has 5 N–H and O–H groups in total. The van der Waals surface area contributed by atoms with Crippen LogP contribution in [0.25, 0.3) is 0 Å². The highest BCUT2D eigenvalue weighted by Crippen LogP contribution is 2.69. The van der Waals surface area contributed by atoms with Gasteiger partial charge in [0.25, 0.3) is 5.56 Å². The number of aliphatic hydroxyl groups is 2. The van der Waals surface area contributed by atoms with Crippen LogP contribution < -0.4 is 11.2 Å². The molecule has 22 heavy (non-hydrogen) atoms. The number of aliphatic hydroxyl groups excluding tert-OH is 2. The molecule has 0 unspecified atom stereocenters. The molecule has 2 saturated carbocycles. The van der Waals surface area contributed by atoms with Crippen molar-refractivity contribution < 1.29 is 24.6 Å². The van der Waals surface area contributed by atoms with Crippen LogP contribution in [-0.4, -0.2) is 47.9 Å². The van der Waals surface area contributed by atoms with Gasteiger partial charge in [0, 0.05) is 17.7 Å². The van der Waals surface area contributed by atoms with Crippen LogP contribution in [0.4, 0.5) is 0 Å². The first-order chi connectivity index (χ1) is 10.2. The number of hydrogen-bond donors (Lipinski definition) is 5. The van der Waals surface area contributed by atoms with Gasteiger partial charge in [-0.05, 0) is 18.8 Å². The maximum atomic E-state index is 11.9. The van der Waals surface area contributed by atoms with Crippen LogP contribution in [-0.2, 0) is 4.57 Å². The molecule has 1 aromatic heterocycles. The van der Waals surface area contributed by atoms with Crippen LogP contribution >= 0.6 is 7.60 Å². The minimum absolute atomic E-state index is 0.0781. The fourth-order valence-electron chi connectivity index (χ4n) is 3.73. The van der Waals surface area contributed by atoms with Crippen molar-refractivity contribution in [1.82, 2.24) is 9.55 Å². The third-order valence-corrected chi connectivity index (χ3v) is 5.70. The van der Waals surface area contributed by atoms with E-state index in [0.29, 0.717) is 6.42 Å². The Bertz CT molecular complexity index is 752. The van der Waals surface area contributed by atoms with Crippen LogP contribution in [0.2, 0.25) is 0 Å². The fraction of sp³-hybridized carbons (Fsp3) is 0.667. The molecule has 0 bridgehead atoms. The summed E-state index contributed by atoms with van der Waals surface area (Å²) in [4.78, 5) is 43.0. The summed E-state index contributed by atoms with van der Waals surface area (Å²) in [5.41, 5.74) is -2.01. The Morgan fingerprint density at radius 2 is 2.05 bits per heavy atom. The molecule has 0 aromatic carbocycles. The zero-order chi connectivity index (χ0) is 16.3. The van der Waals surface area contributed by atoms with E-state index in [1.54, 1.807) is 0 Å². The summed E-state index contributed by atoms with van der Waals surface area (Å²) < 4.78 is 12.2. The average Bonchev–Trinajstić information content (AvgIpc) is 3.08. The van der Waals surface area contributed by atoms with Gasteiger partial charge in [-0.25, -0.2) is 4.79 Å². The van der Waals surface area contributed by atoms with Crippen molar-refractivity contribution in [2.75, 3.05) is 6.16 Å². The molecule has 0 amide bonds. The van der Waals surface area contributed by atoms with Gasteiger partial charge >= 0.3 is 13.3 Å². The Morgan fingerprint density at radius 1 is 1.36 bits per heavy atom. The normalized spacial score (nSPS) is 37.1. The molecule has 3 rings (SSSR count). The number of H-pyrrole nitrogens is 1. The van der Waals surface area contributed by atoms with Crippen molar-refractivity contribution in [1.29, 1.82) is 0 Å². The summed E-state index contributed by atoms with van der Waals surface area (Å²) in [5, 5.41) is 20.4. The second-order valence-corrected chi connectivity index (χ2v) is 7.90. The predicted molar refractivity (Wildman–Crippen MR) is 74.4 cm³/mol. The van der Waals surface area contributed by atoms with Gasteiger partial charge in [-0.1, -0.05) is 0 Å². The average molecular weight is 332 g/mol. The molecule has 0 aliphatic heterocycles. The minimum Gasteiger partial charge on any atom is -0.390 e. The molecule has 1 heterocycles. The van der Waals surface area contributed by atoms with Gasteiger partial charge in [0.1, 0.15) is 6.10 Å². The molecule has 1 aromatic rings. The Kier molecular flexibility index (Phi) is 3.46. The standard InChI is InChI=1S/C12H17N2O7P/c15-7-1-3-14(11(18)13-7)8-6-5-12(6,10(17)9(8)16)2-4-22(19,20)21/h1,3,6,8-10,16-17H,2,4-5H2,(H,13,15,18)(H2,19,20,21)/t6-,8-,9+,10+,12-/m1/s1. The lowest BCUT2D eigenvalue weighted by molar-refractivity contribution is -0.0194. The van der Waals surface area contributed by atoms with Crippen LogP contribution in [0.5, 0.6) is 0 Å². The van der Waals surface area contributed by atoms with E-state index in [1.165, 1.54) is 10.8 Å². The van der Waals surface area contributed by atoms with E-state index in [2.05, 4.69) is 4.98 Å². The van der Waals surface area contributed by atoms with E-state index in [-0.39, 0.29) is 18.5 Å². The maximum absolute atomic E-state index is 11.9. The molecular formula is C12H17N2O7P. The number of fused-ring (bicyclic) bond motifs is 1. The largest absolute Gasteiger partial charge is 0.390 e. The molecule has 2 aliphatic rings. The van der Waals surface area contributed by atoms with Crippen LogP contribution in [0, 0.1) is 11.3 Å². The SMILES string of the molecule is O=c1ccn([C@H]2[C@H](O)[C@H](O)[C@]3(CCP(=O)(O)O)C[C@H]23)c(=O)[nH]1. The minimum atomic E-state index is -4.20. The zero-order valence-corrected chi connectivity index (χ0v) is 12.4. The monoisotopic (exact) mass is 332 g/mol. The first-order valence-corrected chi connectivity index (χ1v) is 8.68. The van der Waals surface area contributed by atoms with Crippen molar-refractivity contribution >= 4 is 7.60 Å². The van der Waals surface area contributed by atoms with E-state index in [4.69, 9.17) is 9.79 Å². The topological polar surface area (TPSA) is 153 Å². The molecule has 122 valence electrons. The van der Waals surface area contributed by atoms with Gasteiger partial charge in [0.15, 0.2) is 0 Å². The summed E-state index contributed by atoms with van der Waals surface area (Å²) in [6.45, 7) is 0. The zero-order valence-electron chi connectivity index (χ0n) is 11.5. The molecule has 0 spiro atoms.